The summed E-state index contributed by atoms with van der Waals surface area (Å²) in [6.07, 6.45) is 0.656. The highest BCUT2D eigenvalue weighted by Crippen LogP contribution is 2.35. The van der Waals surface area contributed by atoms with Gasteiger partial charge in [-0.3, -0.25) is 4.79 Å². The van der Waals surface area contributed by atoms with Crippen LogP contribution in [0.2, 0.25) is 0 Å². The fourth-order valence-electron chi connectivity index (χ4n) is 1.75. The molecule has 0 atom stereocenters. The molecule has 0 aliphatic rings. The molecule has 2 aromatic carbocycles. The van der Waals surface area contributed by atoms with E-state index in [0.717, 1.165) is 5.56 Å². The van der Waals surface area contributed by atoms with Gasteiger partial charge >= 0.3 is 10.1 Å². The molecule has 0 aliphatic heterocycles. The summed E-state index contributed by atoms with van der Waals surface area (Å²) in [6.45, 7) is 1.86. The van der Waals surface area contributed by atoms with Crippen molar-refractivity contribution < 1.29 is 22.1 Å². The van der Waals surface area contributed by atoms with Crippen LogP contribution in [-0.4, -0.2) is 21.8 Å². The van der Waals surface area contributed by atoms with Gasteiger partial charge in [0.2, 0.25) is 0 Å². The van der Waals surface area contributed by atoms with Gasteiger partial charge in [0.05, 0.1) is 10.7 Å². The Balaban J connectivity index is 2.45. The molecule has 2 rings (SSSR count). The Morgan fingerprint density at radius 2 is 1.77 bits per heavy atom. The molecule has 0 radical (unpaired) electrons. The number of ether oxygens (including phenoxy) is 1. The minimum atomic E-state index is -3.98. The fraction of sp³-hybridized carbons (Fsp3) is 0.133. The largest absolute Gasteiger partial charge is 0.493 e. The van der Waals surface area contributed by atoms with Crippen molar-refractivity contribution in [1.82, 2.24) is 0 Å². The fourth-order valence-corrected chi connectivity index (χ4v) is 3.59. The summed E-state index contributed by atoms with van der Waals surface area (Å²) in [4.78, 5) is 10.9. The van der Waals surface area contributed by atoms with Gasteiger partial charge in [-0.15, -0.1) is 0 Å². The molecule has 0 aliphatic carbocycles. The third kappa shape index (κ3) is 3.58. The van der Waals surface area contributed by atoms with E-state index in [1.54, 1.807) is 12.1 Å². The van der Waals surface area contributed by atoms with Gasteiger partial charge in [-0.25, -0.2) is 0 Å². The van der Waals surface area contributed by atoms with Crippen molar-refractivity contribution in [2.24, 2.45) is 0 Å². The number of benzene rings is 2. The standard InChI is InChI=1S/C15H13IO5S/c1-10-3-5-12(6-4-10)22(18,19)21-15-13(16)7-11(9-17)8-14(15)20-2/h3-9H,1-2H3. The summed E-state index contributed by atoms with van der Waals surface area (Å²) >= 11 is 1.89. The summed E-state index contributed by atoms with van der Waals surface area (Å²) in [5.74, 6) is 0.249. The maximum absolute atomic E-state index is 12.3. The number of halogens is 1. The first kappa shape index (κ1) is 16.8. The van der Waals surface area contributed by atoms with E-state index in [1.807, 2.05) is 29.5 Å². The predicted octanol–water partition coefficient (Wildman–Crippen LogP) is 3.19. The Morgan fingerprint density at radius 3 is 2.32 bits per heavy atom. The van der Waals surface area contributed by atoms with Gasteiger partial charge in [0.15, 0.2) is 11.5 Å². The lowest BCUT2D eigenvalue weighted by Gasteiger charge is -2.13. The minimum Gasteiger partial charge on any atom is -0.493 e. The maximum atomic E-state index is 12.3. The van der Waals surface area contributed by atoms with E-state index >= 15 is 0 Å². The number of rotatable bonds is 5. The Labute approximate surface area is 142 Å². The third-order valence-electron chi connectivity index (χ3n) is 2.89. The molecular formula is C15H13IO5S. The SMILES string of the molecule is COc1cc(C=O)cc(I)c1OS(=O)(=O)c1ccc(C)cc1. The van der Waals surface area contributed by atoms with E-state index in [4.69, 9.17) is 8.92 Å². The van der Waals surface area contributed by atoms with Gasteiger partial charge in [0.25, 0.3) is 0 Å². The van der Waals surface area contributed by atoms with Gasteiger partial charge in [-0.05, 0) is 53.8 Å². The highest BCUT2D eigenvalue weighted by molar-refractivity contribution is 14.1. The first-order valence-electron chi connectivity index (χ1n) is 6.21. The van der Waals surface area contributed by atoms with Crippen molar-refractivity contribution in [3.63, 3.8) is 0 Å². The van der Waals surface area contributed by atoms with E-state index in [-0.39, 0.29) is 16.4 Å². The Kier molecular flexibility index (Phi) is 5.07. The molecule has 0 bridgehead atoms. The van der Waals surface area contributed by atoms with E-state index < -0.39 is 10.1 Å². The maximum Gasteiger partial charge on any atom is 0.339 e. The average molecular weight is 432 g/mol. The van der Waals surface area contributed by atoms with E-state index in [1.165, 1.54) is 31.4 Å². The van der Waals surface area contributed by atoms with Crippen LogP contribution in [0.25, 0.3) is 0 Å². The first-order chi connectivity index (χ1) is 10.4. The molecule has 0 amide bonds. The number of methoxy groups -OCH3 is 1. The van der Waals surface area contributed by atoms with Gasteiger partial charge in [0.1, 0.15) is 11.2 Å². The van der Waals surface area contributed by atoms with Crippen LogP contribution in [0.1, 0.15) is 15.9 Å². The van der Waals surface area contributed by atoms with Gasteiger partial charge < -0.3 is 8.92 Å². The van der Waals surface area contributed by atoms with Crippen LogP contribution in [0.3, 0.4) is 0 Å². The van der Waals surface area contributed by atoms with E-state index in [0.29, 0.717) is 15.4 Å². The molecule has 0 saturated carbocycles. The van der Waals surface area contributed by atoms with E-state index in [9.17, 15) is 13.2 Å². The van der Waals surface area contributed by atoms with Crippen LogP contribution in [0, 0.1) is 10.5 Å². The van der Waals surface area contributed by atoms with Crippen molar-refractivity contribution >= 4 is 39.0 Å². The van der Waals surface area contributed by atoms with Crippen molar-refractivity contribution in [2.75, 3.05) is 7.11 Å². The van der Waals surface area contributed by atoms with Crippen LogP contribution in [0.4, 0.5) is 0 Å². The zero-order chi connectivity index (χ0) is 16.3. The zero-order valence-electron chi connectivity index (χ0n) is 11.9. The van der Waals surface area contributed by atoms with E-state index in [2.05, 4.69) is 0 Å². The van der Waals surface area contributed by atoms with Crippen LogP contribution < -0.4 is 8.92 Å². The second kappa shape index (κ2) is 6.66. The van der Waals surface area contributed by atoms with Crippen LogP contribution in [0.15, 0.2) is 41.3 Å². The lowest BCUT2D eigenvalue weighted by molar-refractivity contribution is 0.112. The molecule has 0 saturated heterocycles. The Morgan fingerprint density at radius 1 is 1.14 bits per heavy atom. The molecular weight excluding hydrogens is 419 g/mol. The number of carbonyl (C=O) groups is 1. The zero-order valence-corrected chi connectivity index (χ0v) is 14.8. The number of aldehydes is 1. The summed E-state index contributed by atoms with van der Waals surface area (Å²) in [7, 11) is -2.60. The third-order valence-corrected chi connectivity index (χ3v) is 4.93. The van der Waals surface area contributed by atoms with Crippen LogP contribution in [-0.2, 0) is 10.1 Å². The van der Waals surface area contributed by atoms with Crippen molar-refractivity contribution in [2.45, 2.75) is 11.8 Å². The molecule has 7 heteroatoms. The highest BCUT2D eigenvalue weighted by Gasteiger charge is 2.21. The van der Waals surface area contributed by atoms with Crippen molar-refractivity contribution in [1.29, 1.82) is 0 Å². The topological polar surface area (TPSA) is 69.7 Å². The number of hydrogen-bond acceptors (Lipinski definition) is 5. The van der Waals surface area contributed by atoms with Gasteiger partial charge in [-0.1, -0.05) is 17.7 Å². The number of carbonyl (C=O) groups excluding carboxylic acids is 1. The Bertz CT molecular complexity index is 797. The Hall–Kier alpha value is -1.61. The summed E-state index contributed by atoms with van der Waals surface area (Å²) in [6, 6.07) is 9.28. The molecule has 0 spiro atoms. The molecule has 2 aromatic rings. The minimum absolute atomic E-state index is 0.0513. The molecule has 116 valence electrons. The normalized spacial score (nSPS) is 11.0. The summed E-state index contributed by atoms with van der Waals surface area (Å²) < 4.78 is 35.5. The molecule has 0 fully saturated rings. The average Bonchev–Trinajstić information content (AvgIpc) is 2.49. The second-order valence-electron chi connectivity index (χ2n) is 4.50. The smallest absolute Gasteiger partial charge is 0.339 e. The molecule has 5 nitrogen and oxygen atoms in total. The van der Waals surface area contributed by atoms with Gasteiger partial charge in [-0.2, -0.15) is 8.42 Å². The molecule has 22 heavy (non-hydrogen) atoms. The highest BCUT2D eigenvalue weighted by atomic mass is 127. The molecule has 0 heterocycles. The molecule has 0 N–H and O–H groups in total. The number of hydrogen-bond donors (Lipinski definition) is 0. The lowest BCUT2D eigenvalue weighted by atomic mass is 10.2. The lowest BCUT2D eigenvalue weighted by Crippen LogP contribution is -2.11. The van der Waals surface area contributed by atoms with Crippen molar-refractivity contribution in [3.05, 3.63) is 51.1 Å². The molecule has 0 unspecified atom stereocenters. The van der Waals surface area contributed by atoms with Crippen molar-refractivity contribution in [3.8, 4) is 11.5 Å². The monoisotopic (exact) mass is 432 g/mol. The quantitative estimate of drug-likeness (QED) is 0.413. The molecule has 0 aromatic heterocycles. The van der Waals surface area contributed by atoms with Crippen LogP contribution in [0.5, 0.6) is 11.5 Å². The van der Waals surface area contributed by atoms with Crippen LogP contribution >= 0.6 is 22.6 Å². The number of aryl methyl sites for hydroxylation is 1. The first-order valence-corrected chi connectivity index (χ1v) is 8.70. The summed E-state index contributed by atoms with van der Waals surface area (Å²) in [5, 5.41) is 0. The predicted molar refractivity (Wildman–Crippen MR) is 90.1 cm³/mol. The second-order valence-corrected chi connectivity index (χ2v) is 7.21. The van der Waals surface area contributed by atoms with Gasteiger partial charge in [0, 0.05) is 5.56 Å². The summed E-state index contributed by atoms with van der Waals surface area (Å²) in [5.41, 5.74) is 1.32.